The fourth-order valence-corrected chi connectivity index (χ4v) is 4.92. The highest BCUT2D eigenvalue weighted by molar-refractivity contribution is 6.32. The van der Waals surface area contributed by atoms with Crippen LogP contribution in [0.5, 0.6) is 0 Å². The minimum Gasteiger partial charge on any atom is -0.358 e. The van der Waals surface area contributed by atoms with Gasteiger partial charge in [-0.1, -0.05) is 23.7 Å². The minimum atomic E-state index is -0.300. The smallest absolute Gasteiger partial charge is 0.229 e. The third kappa shape index (κ3) is 3.93. The molecule has 0 amide bonds. The van der Waals surface area contributed by atoms with Gasteiger partial charge in [0.25, 0.3) is 0 Å². The van der Waals surface area contributed by atoms with Crippen molar-refractivity contribution in [2.75, 3.05) is 54.4 Å². The topological polar surface area (TPSA) is 82.1 Å². The summed E-state index contributed by atoms with van der Waals surface area (Å²) in [6.45, 7) is 5.40. The zero-order chi connectivity index (χ0) is 22.4. The van der Waals surface area contributed by atoms with Crippen LogP contribution >= 0.6 is 11.6 Å². The van der Waals surface area contributed by atoms with Gasteiger partial charge in [0, 0.05) is 39.3 Å². The normalized spacial score (nSPS) is 19.8. The van der Waals surface area contributed by atoms with Crippen LogP contribution in [0.15, 0.2) is 24.3 Å². The monoisotopic (exact) mass is 468 g/mol. The first-order chi connectivity index (χ1) is 16.1. The molecule has 3 fully saturated rings. The fraction of sp³-hybridized carbons (Fsp3) is 0.478. The van der Waals surface area contributed by atoms with Crippen molar-refractivity contribution in [3.63, 3.8) is 0 Å². The molecule has 0 radical (unpaired) electrons. The van der Waals surface area contributed by atoms with Gasteiger partial charge in [0.05, 0.1) is 5.54 Å². The van der Waals surface area contributed by atoms with E-state index in [1.807, 2.05) is 12.1 Å². The second-order valence-electron chi connectivity index (χ2n) is 9.03. The lowest BCUT2D eigenvalue weighted by Crippen LogP contribution is -2.44. The van der Waals surface area contributed by atoms with Gasteiger partial charge >= 0.3 is 0 Å². The Hall–Kier alpha value is -2.78. The third-order valence-corrected chi connectivity index (χ3v) is 7.03. The molecule has 3 aliphatic rings. The summed E-state index contributed by atoms with van der Waals surface area (Å²) in [5.74, 6) is 1.76. The Morgan fingerprint density at radius 3 is 2.33 bits per heavy atom. The molecule has 0 unspecified atom stereocenters. The number of hydrogen-bond donors (Lipinski definition) is 2. The summed E-state index contributed by atoms with van der Waals surface area (Å²) in [5, 5.41) is 7.16. The Kier molecular flexibility index (Phi) is 5.18. The van der Waals surface area contributed by atoms with Crippen molar-refractivity contribution >= 4 is 40.3 Å². The van der Waals surface area contributed by atoms with E-state index >= 15 is 0 Å². The highest BCUT2D eigenvalue weighted by Crippen LogP contribution is 2.49. The molecule has 2 aliphatic heterocycles. The number of hydrogen-bond acceptors (Lipinski definition) is 8. The van der Waals surface area contributed by atoms with Crippen molar-refractivity contribution in [2.24, 2.45) is 0 Å². The van der Waals surface area contributed by atoms with E-state index in [0.717, 1.165) is 76.3 Å². The van der Waals surface area contributed by atoms with Crippen molar-refractivity contribution in [1.82, 2.24) is 25.3 Å². The molecule has 2 saturated heterocycles. The predicted molar refractivity (Wildman–Crippen MR) is 128 cm³/mol. The molecular formula is C23H26ClFN8. The van der Waals surface area contributed by atoms with E-state index in [4.69, 9.17) is 31.5 Å². The highest BCUT2D eigenvalue weighted by Gasteiger charge is 2.45. The Balaban J connectivity index is 1.41. The van der Waals surface area contributed by atoms with Crippen molar-refractivity contribution in [3.8, 4) is 0 Å². The van der Waals surface area contributed by atoms with Gasteiger partial charge in [-0.05, 0) is 43.4 Å². The molecule has 1 saturated carbocycles. The number of rotatable bonds is 5. The zero-order valence-electron chi connectivity index (χ0n) is 18.3. The van der Waals surface area contributed by atoms with Gasteiger partial charge in [-0.2, -0.15) is 9.97 Å². The lowest BCUT2D eigenvalue weighted by atomic mass is 10.1. The van der Waals surface area contributed by atoms with Crippen molar-refractivity contribution in [1.29, 1.82) is 0 Å². The van der Waals surface area contributed by atoms with E-state index in [2.05, 4.69) is 20.4 Å². The highest BCUT2D eigenvalue weighted by atomic mass is 35.5. The van der Waals surface area contributed by atoms with Crippen LogP contribution in [0.4, 0.5) is 22.0 Å². The maximum Gasteiger partial charge on any atom is 0.229 e. The summed E-state index contributed by atoms with van der Waals surface area (Å²) in [6, 6.07) is 6.60. The molecule has 33 heavy (non-hydrogen) atoms. The number of fused-ring (bicyclic) bond motifs is 1. The van der Waals surface area contributed by atoms with E-state index < -0.39 is 0 Å². The van der Waals surface area contributed by atoms with Gasteiger partial charge in [-0.25, -0.2) is 14.4 Å². The Labute approximate surface area is 196 Å². The van der Waals surface area contributed by atoms with Crippen molar-refractivity contribution < 1.29 is 4.39 Å². The summed E-state index contributed by atoms with van der Waals surface area (Å²) in [5.41, 5.74) is 1.90. The van der Waals surface area contributed by atoms with Gasteiger partial charge < -0.3 is 20.4 Å². The number of nitrogens with zero attached hydrogens (tertiary/aromatic N) is 6. The summed E-state index contributed by atoms with van der Waals surface area (Å²) >= 11 is 6.63. The second kappa shape index (κ2) is 8.22. The summed E-state index contributed by atoms with van der Waals surface area (Å²) < 4.78 is 13.4. The molecule has 0 atom stereocenters. The van der Waals surface area contributed by atoms with Crippen LogP contribution in [0.1, 0.15) is 31.2 Å². The average Bonchev–Trinajstić information content (AvgIpc) is 3.41. The quantitative estimate of drug-likeness (QED) is 0.590. The van der Waals surface area contributed by atoms with E-state index in [1.54, 1.807) is 0 Å². The van der Waals surface area contributed by atoms with E-state index in [0.29, 0.717) is 28.1 Å². The summed E-state index contributed by atoms with van der Waals surface area (Å²) in [7, 11) is 0. The first-order valence-electron chi connectivity index (χ1n) is 11.6. The second-order valence-corrected chi connectivity index (χ2v) is 9.39. The van der Waals surface area contributed by atoms with Crippen molar-refractivity contribution in [2.45, 2.75) is 31.2 Å². The number of anilines is 3. The molecule has 3 aromatic rings. The van der Waals surface area contributed by atoms with Crippen LogP contribution in [0.3, 0.4) is 0 Å². The summed E-state index contributed by atoms with van der Waals surface area (Å²) in [6.07, 6.45) is 4.11. The summed E-state index contributed by atoms with van der Waals surface area (Å²) in [4.78, 5) is 23.7. The molecule has 0 bridgehead atoms. The Bertz CT molecular complexity index is 1170. The molecule has 1 aliphatic carbocycles. The standard InChI is InChI=1S/C23H26ClFN8/c24-18-20(31-23(7-8-23)15-3-5-16(25)6-4-15)28-19-17(27-18)21(32-11-1-2-12-32)30-22(29-19)33-13-9-26-10-14-33/h3-6,26H,1-2,7-14H2,(H,28,29,30,31). The van der Waals surface area contributed by atoms with E-state index in [-0.39, 0.29) is 11.4 Å². The fourth-order valence-electron chi connectivity index (χ4n) is 4.74. The number of aromatic nitrogens is 4. The number of benzene rings is 1. The van der Waals surface area contributed by atoms with Gasteiger partial charge in [0.1, 0.15) is 5.82 Å². The first-order valence-corrected chi connectivity index (χ1v) is 12.0. The lowest BCUT2D eigenvalue weighted by molar-refractivity contribution is 0.580. The van der Waals surface area contributed by atoms with Crippen LogP contribution in [0.25, 0.3) is 11.2 Å². The van der Waals surface area contributed by atoms with E-state index in [9.17, 15) is 4.39 Å². The third-order valence-electron chi connectivity index (χ3n) is 6.77. The largest absolute Gasteiger partial charge is 0.358 e. The lowest BCUT2D eigenvalue weighted by Gasteiger charge is -2.28. The zero-order valence-corrected chi connectivity index (χ0v) is 19.1. The number of piperazine rings is 1. The maximum absolute atomic E-state index is 13.4. The molecule has 10 heteroatoms. The molecule has 6 rings (SSSR count). The van der Waals surface area contributed by atoms with Gasteiger partial charge in [-0.3, -0.25) is 0 Å². The first kappa shape index (κ1) is 20.8. The van der Waals surface area contributed by atoms with Crippen molar-refractivity contribution in [3.05, 3.63) is 40.8 Å². The Morgan fingerprint density at radius 2 is 1.64 bits per heavy atom. The van der Waals surface area contributed by atoms with Crippen LogP contribution < -0.4 is 20.4 Å². The van der Waals surface area contributed by atoms with Crippen LogP contribution in [0, 0.1) is 5.82 Å². The minimum absolute atomic E-state index is 0.246. The maximum atomic E-state index is 13.4. The van der Waals surface area contributed by atoms with Crippen LogP contribution in [0.2, 0.25) is 5.15 Å². The molecule has 2 N–H and O–H groups in total. The molecule has 0 spiro atoms. The molecule has 2 aromatic heterocycles. The van der Waals surface area contributed by atoms with Gasteiger partial charge in [0.15, 0.2) is 28.0 Å². The molecule has 8 nitrogen and oxygen atoms in total. The van der Waals surface area contributed by atoms with Crippen LogP contribution in [-0.4, -0.2) is 59.2 Å². The predicted octanol–water partition coefficient (Wildman–Crippen LogP) is 3.32. The Morgan fingerprint density at radius 1 is 0.909 bits per heavy atom. The van der Waals surface area contributed by atoms with E-state index in [1.165, 1.54) is 12.1 Å². The molecule has 4 heterocycles. The molecular weight excluding hydrogens is 443 g/mol. The average molecular weight is 469 g/mol. The molecule has 172 valence electrons. The van der Waals surface area contributed by atoms with Gasteiger partial charge in [0.2, 0.25) is 5.95 Å². The van der Waals surface area contributed by atoms with Gasteiger partial charge in [-0.15, -0.1) is 0 Å². The van der Waals surface area contributed by atoms with Crippen LogP contribution in [-0.2, 0) is 5.54 Å². The number of nitrogens with one attached hydrogen (secondary N) is 2. The molecule has 1 aromatic carbocycles. The number of halogens is 2. The SMILES string of the molecule is Fc1ccc(C2(Nc3nc4nc(N5CCNCC5)nc(N5CCCC5)c4nc3Cl)CC2)cc1.